The third kappa shape index (κ3) is 4.20. The summed E-state index contributed by atoms with van der Waals surface area (Å²) >= 11 is 0. The summed E-state index contributed by atoms with van der Waals surface area (Å²) in [5.74, 6) is 0.373. The molecule has 3 N–H and O–H groups in total. The van der Waals surface area contributed by atoms with E-state index in [-0.39, 0.29) is 30.5 Å². The van der Waals surface area contributed by atoms with Crippen LogP contribution in [0.25, 0.3) is 0 Å². The highest BCUT2D eigenvalue weighted by molar-refractivity contribution is 5.94. The van der Waals surface area contributed by atoms with Crippen LogP contribution in [-0.2, 0) is 9.53 Å². The number of hydrogen-bond acceptors (Lipinski definition) is 3. The topological polar surface area (TPSA) is 64.4 Å². The fourth-order valence-electron chi connectivity index (χ4n) is 2.27. The second kappa shape index (κ2) is 7.62. The van der Waals surface area contributed by atoms with Crippen molar-refractivity contribution in [1.82, 2.24) is 0 Å². The zero-order valence-corrected chi connectivity index (χ0v) is 12.8. The molecule has 4 nitrogen and oxygen atoms in total. The number of hydrogen-bond donors (Lipinski definition) is 2. The molecule has 1 saturated heterocycles. The lowest BCUT2D eigenvalue weighted by Gasteiger charge is -2.14. The molecule has 0 bridgehead atoms. The van der Waals surface area contributed by atoms with Gasteiger partial charge in [0.2, 0.25) is 0 Å². The van der Waals surface area contributed by atoms with Gasteiger partial charge in [0.1, 0.15) is 6.10 Å². The van der Waals surface area contributed by atoms with Crippen LogP contribution in [0.15, 0.2) is 24.3 Å². The third-order valence-electron chi connectivity index (χ3n) is 3.48. The van der Waals surface area contributed by atoms with Crippen molar-refractivity contribution in [3.8, 4) is 0 Å². The molecular weight excluding hydrogens is 276 g/mol. The maximum atomic E-state index is 12.1. The van der Waals surface area contributed by atoms with E-state index in [2.05, 4.69) is 25.2 Å². The first kappa shape index (κ1) is 17.0. The van der Waals surface area contributed by atoms with Crippen molar-refractivity contribution in [2.24, 2.45) is 5.73 Å². The summed E-state index contributed by atoms with van der Waals surface area (Å²) in [4.78, 5) is 12.1. The number of carbonyl (C=O) groups excluding carboxylic acids is 1. The van der Waals surface area contributed by atoms with Crippen LogP contribution in [0.2, 0.25) is 0 Å². The van der Waals surface area contributed by atoms with E-state index < -0.39 is 0 Å². The van der Waals surface area contributed by atoms with Gasteiger partial charge in [-0.05, 0) is 36.5 Å². The lowest BCUT2D eigenvalue weighted by Crippen LogP contribution is -2.29. The highest BCUT2D eigenvalue weighted by Gasteiger charge is 2.29. The zero-order valence-electron chi connectivity index (χ0n) is 12.0. The molecular formula is C15H23ClN2O2. The standard InChI is InChI=1S/C15H22N2O2.ClH/c1-10(2)11-4-3-5-12(8-11)17-15(18)14-7-6-13(9-16)19-14;/h3-5,8,10,13-14H,6-7,9,16H2,1-2H3,(H,17,18);1H/t13-,14+;/m1./s1. The number of amides is 1. The highest BCUT2D eigenvalue weighted by atomic mass is 35.5. The molecule has 1 aliphatic rings. The Morgan fingerprint density at radius 2 is 2.20 bits per heavy atom. The Kier molecular flexibility index (Phi) is 6.46. The van der Waals surface area contributed by atoms with Crippen LogP contribution in [0.5, 0.6) is 0 Å². The van der Waals surface area contributed by atoms with Crippen LogP contribution in [0, 0.1) is 0 Å². The Hall–Kier alpha value is -1.10. The van der Waals surface area contributed by atoms with E-state index >= 15 is 0 Å². The lowest BCUT2D eigenvalue weighted by atomic mass is 10.0. The van der Waals surface area contributed by atoms with Gasteiger partial charge in [-0.2, -0.15) is 0 Å². The Balaban J connectivity index is 0.00000200. The summed E-state index contributed by atoms with van der Waals surface area (Å²) in [5, 5.41) is 2.92. The van der Waals surface area contributed by atoms with Crippen LogP contribution >= 0.6 is 12.4 Å². The van der Waals surface area contributed by atoms with E-state index in [1.807, 2.05) is 18.2 Å². The van der Waals surface area contributed by atoms with Gasteiger partial charge in [-0.25, -0.2) is 0 Å². The van der Waals surface area contributed by atoms with Crippen LogP contribution in [0.1, 0.15) is 38.2 Å². The summed E-state index contributed by atoms with van der Waals surface area (Å²) in [6.45, 7) is 4.74. The Bertz CT molecular complexity index is 451. The van der Waals surface area contributed by atoms with Crippen LogP contribution in [-0.4, -0.2) is 24.7 Å². The minimum Gasteiger partial charge on any atom is -0.364 e. The monoisotopic (exact) mass is 298 g/mol. The van der Waals surface area contributed by atoms with Gasteiger partial charge in [0.15, 0.2) is 0 Å². The smallest absolute Gasteiger partial charge is 0.253 e. The molecule has 1 aromatic carbocycles. The van der Waals surface area contributed by atoms with E-state index in [0.717, 1.165) is 18.5 Å². The fraction of sp³-hybridized carbons (Fsp3) is 0.533. The maximum Gasteiger partial charge on any atom is 0.253 e. The van der Waals surface area contributed by atoms with Gasteiger partial charge in [0, 0.05) is 12.2 Å². The molecule has 20 heavy (non-hydrogen) atoms. The van der Waals surface area contributed by atoms with Gasteiger partial charge in [-0.15, -0.1) is 12.4 Å². The minimum atomic E-state index is -0.365. The van der Waals surface area contributed by atoms with E-state index in [9.17, 15) is 4.79 Å². The number of nitrogens with one attached hydrogen (secondary N) is 1. The second-order valence-corrected chi connectivity index (χ2v) is 5.33. The van der Waals surface area contributed by atoms with Crippen molar-refractivity contribution >= 4 is 24.0 Å². The summed E-state index contributed by atoms with van der Waals surface area (Å²) < 4.78 is 5.59. The molecule has 112 valence electrons. The predicted molar refractivity (Wildman–Crippen MR) is 83.4 cm³/mol. The van der Waals surface area contributed by atoms with Gasteiger partial charge in [-0.1, -0.05) is 26.0 Å². The number of carbonyl (C=O) groups is 1. The van der Waals surface area contributed by atoms with Crippen LogP contribution in [0.3, 0.4) is 0 Å². The van der Waals surface area contributed by atoms with Crippen LogP contribution < -0.4 is 11.1 Å². The van der Waals surface area contributed by atoms with Gasteiger partial charge >= 0.3 is 0 Å². The number of nitrogens with two attached hydrogens (primary N) is 1. The Labute approximate surface area is 126 Å². The van der Waals surface area contributed by atoms with Crippen molar-refractivity contribution < 1.29 is 9.53 Å². The highest BCUT2D eigenvalue weighted by Crippen LogP contribution is 2.22. The van der Waals surface area contributed by atoms with E-state index in [4.69, 9.17) is 10.5 Å². The molecule has 0 unspecified atom stereocenters. The second-order valence-electron chi connectivity index (χ2n) is 5.33. The molecule has 0 aliphatic carbocycles. The molecule has 0 saturated carbocycles. The average Bonchev–Trinajstić information content (AvgIpc) is 2.88. The summed E-state index contributed by atoms with van der Waals surface area (Å²) in [6.07, 6.45) is 1.27. The number of anilines is 1. The van der Waals surface area contributed by atoms with Crippen molar-refractivity contribution in [2.75, 3.05) is 11.9 Å². The molecule has 2 atom stereocenters. The number of benzene rings is 1. The van der Waals surface area contributed by atoms with Gasteiger partial charge in [-0.3, -0.25) is 4.79 Å². The van der Waals surface area contributed by atoms with Crippen molar-refractivity contribution in [3.05, 3.63) is 29.8 Å². The average molecular weight is 299 g/mol. The maximum absolute atomic E-state index is 12.1. The molecule has 2 rings (SSSR count). The third-order valence-corrected chi connectivity index (χ3v) is 3.48. The molecule has 1 aliphatic heterocycles. The Morgan fingerprint density at radius 1 is 1.45 bits per heavy atom. The largest absolute Gasteiger partial charge is 0.364 e. The summed E-state index contributed by atoms with van der Waals surface area (Å²) in [5.41, 5.74) is 7.59. The first-order valence-corrected chi connectivity index (χ1v) is 6.86. The summed E-state index contributed by atoms with van der Waals surface area (Å²) in [6, 6.07) is 7.94. The fourth-order valence-corrected chi connectivity index (χ4v) is 2.27. The molecule has 0 spiro atoms. The quantitative estimate of drug-likeness (QED) is 0.898. The minimum absolute atomic E-state index is 0. The summed E-state index contributed by atoms with van der Waals surface area (Å²) in [7, 11) is 0. The Morgan fingerprint density at radius 3 is 2.80 bits per heavy atom. The first-order chi connectivity index (χ1) is 9.10. The van der Waals surface area contributed by atoms with Crippen molar-refractivity contribution in [2.45, 2.75) is 44.8 Å². The van der Waals surface area contributed by atoms with E-state index in [0.29, 0.717) is 12.5 Å². The molecule has 1 heterocycles. The number of halogens is 1. The molecule has 1 fully saturated rings. The van der Waals surface area contributed by atoms with Crippen molar-refractivity contribution in [3.63, 3.8) is 0 Å². The molecule has 0 radical (unpaired) electrons. The van der Waals surface area contributed by atoms with E-state index in [1.165, 1.54) is 5.56 Å². The van der Waals surface area contributed by atoms with Gasteiger partial charge in [0.05, 0.1) is 6.10 Å². The normalized spacial score (nSPS) is 21.6. The predicted octanol–water partition coefficient (Wildman–Crippen LogP) is 2.68. The first-order valence-electron chi connectivity index (χ1n) is 6.86. The molecule has 1 amide bonds. The van der Waals surface area contributed by atoms with Crippen LogP contribution in [0.4, 0.5) is 5.69 Å². The lowest BCUT2D eigenvalue weighted by molar-refractivity contribution is -0.126. The number of rotatable bonds is 4. The molecule has 0 aromatic heterocycles. The number of ether oxygens (including phenoxy) is 1. The molecule has 1 aromatic rings. The van der Waals surface area contributed by atoms with Crippen molar-refractivity contribution in [1.29, 1.82) is 0 Å². The van der Waals surface area contributed by atoms with Gasteiger partial charge < -0.3 is 15.8 Å². The zero-order chi connectivity index (χ0) is 13.8. The molecule has 5 heteroatoms. The SMILES string of the molecule is CC(C)c1cccc(NC(=O)[C@@H]2CC[C@H](CN)O2)c1.Cl. The van der Waals surface area contributed by atoms with E-state index in [1.54, 1.807) is 0 Å². The van der Waals surface area contributed by atoms with Gasteiger partial charge in [0.25, 0.3) is 5.91 Å².